The van der Waals surface area contributed by atoms with Crippen molar-refractivity contribution in [2.24, 2.45) is 5.92 Å². The SMILES string of the molecule is CCOC(=O)N[C@@H]1CC[C@H](COCc2ccccc2)C[C@H]1OC. The van der Waals surface area contributed by atoms with Crippen molar-refractivity contribution in [2.45, 2.75) is 44.9 Å². The summed E-state index contributed by atoms with van der Waals surface area (Å²) in [6.45, 7) is 3.54. The summed E-state index contributed by atoms with van der Waals surface area (Å²) in [6.07, 6.45) is 2.45. The number of amides is 1. The molecule has 0 bridgehead atoms. The van der Waals surface area contributed by atoms with E-state index in [9.17, 15) is 4.79 Å². The molecule has 5 heteroatoms. The van der Waals surface area contributed by atoms with Gasteiger partial charge in [0.05, 0.1) is 25.4 Å². The number of alkyl carbamates (subject to hydrolysis) is 1. The Kier molecular flexibility index (Phi) is 7.36. The molecule has 0 aliphatic heterocycles. The molecule has 1 aliphatic rings. The van der Waals surface area contributed by atoms with Crippen LogP contribution in [-0.4, -0.2) is 38.6 Å². The van der Waals surface area contributed by atoms with Gasteiger partial charge in [-0.1, -0.05) is 30.3 Å². The van der Waals surface area contributed by atoms with E-state index in [-0.39, 0.29) is 18.2 Å². The Bertz CT molecular complexity index is 465. The minimum absolute atomic E-state index is 0.0125. The second kappa shape index (κ2) is 9.53. The van der Waals surface area contributed by atoms with Crippen molar-refractivity contribution in [3.05, 3.63) is 35.9 Å². The van der Waals surface area contributed by atoms with Gasteiger partial charge in [-0.05, 0) is 37.7 Å². The Morgan fingerprint density at radius 2 is 2.04 bits per heavy atom. The molecule has 3 atom stereocenters. The zero-order valence-electron chi connectivity index (χ0n) is 14.0. The third kappa shape index (κ3) is 5.84. The van der Waals surface area contributed by atoms with Gasteiger partial charge in [0, 0.05) is 13.7 Å². The first kappa shape index (κ1) is 17.8. The van der Waals surface area contributed by atoms with Crippen molar-refractivity contribution in [1.29, 1.82) is 0 Å². The first-order valence-electron chi connectivity index (χ1n) is 8.30. The minimum atomic E-state index is -0.363. The highest BCUT2D eigenvalue weighted by molar-refractivity contribution is 5.67. The smallest absolute Gasteiger partial charge is 0.407 e. The first-order chi connectivity index (χ1) is 11.2. The molecule has 1 amide bonds. The molecule has 2 rings (SSSR count). The third-order valence-electron chi connectivity index (χ3n) is 4.25. The molecular formula is C18H27NO4. The molecule has 23 heavy (non-hydrogen) atoms. The average molecular weight is 321 g/mol. The molecule has 1 fully saturated rings. The maximum Gasteiger partial charge on any atom is 0.407 e. The quantitative estimate of drug-likeness (QED) is 0.838. The normalized spacial score (nSPS) is 24.2. The highest BCUT2D eigenvalue weighted by atomic mass is 16.5. The fraction of sp³-hybridized carbons (Fsp3) is 0.611. The number of hydrogen-bond donors (Lipinski definition) is 1. The van der Waals surface area contributed by atoms with Crippen molar-refractivity contribution >= 4 is 6.09 Å². The van der Waals surface area contributed by atoms with Crippen LogP contribution in [0.25, 0.3) is 0 Å². The molecule has 0 spiro atoms. The summed E-state index contributed by atoms with van der Waals surface area (Å²) in [4.78, 5) is 11.6. The predicted molar refractivity (Wildman–Crippen MR) is 88.2 cm³/mol. The molecule has 0 aromatic heterocycles. The van der Waals surface area contributed by atoms with Gasteiger partial charge in [-0.25, -0.2) is 4.79 Å². The van der Waals surface area contributed by atoms with Gasteiger partial charge in [0.15, 0.2) is 0 Å². The second-order valence-electron chi connectivity index (χ2n) is 5.93. The van der Waals surface area contributed by atoms with Gasteiger partial charge in [0.25, 0.3) is 0 Å². The largest absolute Gasteiger partial charge is 0.450 e. The molecule has 1 saturated carbocycles. The molecule has 5 nitrogen and oxygen atoms in total. The van der Waals surface area contributed by atoms with Crippen molar-refractivity contribution in [1.82, 2.24) is 5.32 Å². The van der Waals surface area contributed by atoms with Crippen LogP contribution in [0.4, 0.5) is 4.79 Å². The van der Waals surface area contributed by atoms with Crippen LogP contribution < -0.4 is 5.32 Å². The summed E-state index contributed by atoms with van der Waals surface area (Å²) < 4.78 is 16.3. The topological polar surface area (TPSA) is 56.8 Å². The number of ether oxygens (including phenoxy) is 3. The Morgan fingerprint density at radius 1 is 1.26 bits per heavy atom. The lowest BCUT2D eigenvalue weighted by Crippen LogP contribution is -2.48. The zero-order valence-corrected chi connectivity index (χ0v) is 14.0. The average Bonchev–Trinajstić information content (AvgIpc) is 2.57. The van der Waals surface area contributed by atoms with E-state index >= 15 is 0 Å². The van der Waals surface area contributed by atoms with E-state index in [2.05, 4.69) is 17.4 Å². The maximum absolute atomic E-state index is 11.6. The molecule has 1 aromatic carbocycles. The number of hydrogen-bond acceptors (Lipinski definition) is 4. The van der Waals surface area contributed by atoms with E-state index in [1.807, 2.05) is 18.2 Å². The zero-order chi connectivity index (χ0) is 16.5. The molecule has 1 aliphatic carbocycles. The van der Waals surface area contributed by atoms with Gasteiger partial charge >= 0.3 is 6.09 Å². The lowest BCUT2D eigenvalue weighted by Gasteiger charge is -2.35. The summed E-state index contributed by atoms with van der Waals surface area (Å²) in [6, 6.07) is 10.2. The van der Waals surface area contributed by atoms with Crippen LogP contribution in [0.2, 0.25) is 0 Å². The van der Waals surface area contributed by atoms with E-state index in [0.717, 1.165) is 25.9 Å². The summed E-state index contributed by atoms with van der Waals surface area (Å²) in [5.74, 6) is 0.462. The number of nitrogens with one attached hydrogen (secondary N) is 1. The molecule has 0 heterocycles. The second-order valence-corrected chi connectivity index (χ2v) is 5.93. The minimum Gasteiger partial charge on any atom is -0.450 e. The Balaban J connectivity index is 1.73. The number of rotatable bonds is 7. The van der Waals surface area contributed by atoms with Gasteiger partial charge < -0.3 is 19.5 Å². The van der Waals surface area contributed by atoms with Crippen LogP contribution in [-0.2, 0) is 20.8 Å². The highest BCUT2D eigenvalue weighted by Gasteiger charge is 2.32. The molecule has 1 N–H and O–H groups in total. The van der Waals surface area contributed by atoms with Gasteiger partial charge in [0.1, 0.15) is 0 Å². The third-order valence-corrected chi connectivity index (χ3v) is 4.25. The van der Waals surface area contributed by atoms with Gasteiger partial charge in [-0.3, -0.25) is 0 Å². The molecule has 0 unspecified atom stereocenters. The van der Waals surface area contributed by atoms with Crippen LogP contribution in [0.5, 0.6) is 0 Å². The molecular weight excluding hydrogens is 294 g/mol. The van der Waals surface area contributed by atoms with Crippen molar-refractivity contribution < 1.29 is 19.0 Å². The van der Waals surface area contributed by atoms with Gasteiger partial charge in [0.2, 0.25) is 0 Å². The monoisotopic (exact) mass is 321 g/mol. The molecule has 1 aromatic rings. The van der Waals surface area contributed by atoms with Gasteiger partial charge in [-0.2, -0.15) is 0 Å². The Labute approximate surface area is 138 Å². The predicted octanol–water partition coefficient (Wildman–Crippen LogP) is 3.13. The lowest BCUT2D eigenvalue weighted by atomic mass is 9.84. The number of methoxy groups -OCH3 is 1. The van der Waals surface area contributed by atoms with Crippen molar-refractivity contribution in [2.75, 3.05) is 20.3 Å². The summed E-state index contributed by atoms with van der Waals surface area (Å²) in [5, 5.41) is 2.90. The number of carbonyl (C=O) groups is 1. The molecule has 128 valence electrons. The van der Waals surface area contributed by atoms with Crippen LogP contribution >= 0.6 is 0 Å². The van der Waals surface area contributed by atoms with Crippen molar-refractivity contribution in [3.8, 4) is 0 Å². The van der Waals surface area contributed by atoms with Crippen LogP contribution in [0.3, 0.4) is 0 Å². The van der Waals surface area contributed by atoms with Gasteiger partial charge in [-0.15, -0.1) is 0 Å². The fourth-order valence-electron chi connectivity index (χ4n) is 3.03. The summed E-state index contributed by atoms with van der Waals surface area (Å²) in [5.41, 5.74) is 1.19. The Morgan fingerprint density at radius 3 is 2.74 bits per heavy atom. The van der Waals surface area contributed by atoms with E-state index in [0.29, 0.717) is 19.1 Å². The van der Waals surface area contributed by atoms with E-state index < -0.39 is 0 Å². The molecule has 0 radical (unpaired) electrons. The fourth-order valence-corrected chi connectivity index (χ4v) is 3.03. The summed E-state index contributed by atoms with van der Waals surface area (Å²) >= 11 is 0. The number of benzene rings is 1. The number of carbonyl (C=O) groups excluding carboxylic acids is 1. The van der Waals surface area contributed by atoms with Crippen LogP contribution in [0, 0.1) is 5.92 Å². The first-order valence-corrected chi connectivity index (χ1v) is 8.30. The van der Waals surface area contributed by atoms with E-state index in [1.54, 1.807) is 14.0 Å². The van der Waals surface area contributed by atoms with E-state index in [1.165, 1.54) is 5.56 Å². The Hall–Kier alpha value is -1.59. The molecule has 0 saturated heterocycles. The maximum atomic E-state index is 11.6. The highest BCUT2D eigenvalue weighted by Crippen LogP contribution is 2.27. The van der Waals surface area contributed by atoms with Crippen LogP contribution in [0.15, 0.2) is 30.3 Å². The lowest BCUT2D eigenvalue weighted by molar-refractivity contribution is -0.00553. The van der Waals surface area contributed by atoms with E-state index in [4.69, 9.17) is 14.2 Å². The standard InChI is InChI=1S/C18H27NO4/c1-3-23-18(20)19-16-10-9-15(11-17(16)21-2)13-22-12-14-7-5-4-6-8-14/h4-8,15-17H,3,9-13H2,1-2H3,(H,19,20)/t15-,16+,17+/m0/s1. The van der Waals surface area contributed by atoms with Crippen LogP contribution in [0.1, 0.15) is 31.7 Å². The van der Waals surface area contributed by atoms with Crippen molar-refractivity contribution in [3.63, 3.8) is 0 Å². The summed E-state index contributed by atoms with van der Waals surface area (Å²) in [7, 11) is 1.69.